The zero-order chi connectivity index (χ0) is 16.5. The number of amides is 1. The van der Waals surface area contributed by atoms with Crippen LogP contribution in [0.25, 0.3) is 0 Å². The van der Waals surface area contributed by atoms with E-state index in [-0.39, 0.29) is 18.7 Å². The highest BCUT2D eigenvalue weighted by Crippen LogP contribution is 2.39. The normalized spacial score (nSPS) is 18.8. The molecule has 2 heterocycles. The van der Waals surface area contributed by atoms with Crippen LogP contribution in [0.1, 0.15) is 30.0 Å². The topological polar surface area (TPSA) is 64.8 Å². The molecule has 1 saturated heterocycles. The molecular weight excluding hydrogens is 304 g/mol. The number of likely N-dealkylation sites (tertiary alicyclic amines) is 1. The van der Waals surface area contributed by atoms with Gasteiger partial charge in [-0.1, -0.05) is 18.2 Å². The molecular formula is C19H20N2O3. The van der Waals surface area contributed by atoms with E-state index in [1.165, 1.54) is 0 Å². The quantitative estimate of drug-likeness (QED) is 0.882. The van der Waals surface area contributed by atoms with Crippen molar-refractivity contribution in [3.8, 4) is 11.5 Å². The zero-order valence-electron chi connectivity index (χ0n) is 13.4. The standard InChI is InChI=1S/C19H20N2O3/c20-15-6-3-13(4-7-15)10-19(22)21-9-1-2-16(21)14-5-8-17-18(11-14)24-12-23-17/h3-8,11,16H,1-2,9-10,12,20H2/t16-/m0/s1. The van der Waals surface area contributed by atoms with Gasteiger partial charge in [0.1, 0.15) is 0 Å². The van der Waals surface area contributed by atoms with Gasteiger partial charge in [-0.05, 0) is 48.2 Å². The van der Waals surface area contributed by atoms with Gasteiger partial charge in [0, 0.05) is 12.2 Å². The summed E-state index contributed by atoms with van der Waals surface area (Å²) in [6, 6.07) is 13.6. The predicted octanol–water partition coefficient (Wildman–Crippen LogP) is 2.90. The molecule has 0 aromatic heterocycles. The maximum atomic E-state index is 12.8. The van der Waals surface area contributed by atoms with Crippen LogP contribution in [0.3, 0.4) is 0 Å². The average molecular weight is 324 g/mol. The molecule has 2 aliphatic heterocycles. The number of nitrogens with two attached hydrogens (primary N) is 1. The van der Waals surface area contributed by atoms with Gasteiger partial charge in [-0.3, -0.25) is 4.79 Å². The van der Waals surface area contributed by atoms with E-state index in [0.717, 1.165) is 42.0 Å². The fourth-order valence-electron chi connectivity index (χ4n) is 3.44. The van der Waals surface area contributed by atoms with Crippen LogP contribution in [-0.4, -0.2) is 24.1 Å². The minimum absolute atomic E-state index is 0.112. The number of rotatable bonds is 3. The fraction of sp³-hybridized carbons (Fsp3) is 0.316. The van der Waals surface area contributed by atoms with Crippen LogP contribution in [0.5, 0.6) is 11.5 Å². The van der Waals surface area contributed by atoms with Gasteiger partial charge < -0.3 is 20.1 Å². The van der Waals surface area contributed by atoms with E-state index in [2.05, 4.69) is 0 Å². The van der Waals surface area contributed by atoms with Crippen molar-refractivity contribution in [3.63, 3.8) is 0 Å². The summed E-state index contributed by atoms with van der Waals surface area (Å²) in [5.41, 5.74) is 8.52. The minimum Gasteiger partial charge on any atom is -0.454 e. The predicted molar refractivity (Wildman–Crippen MR) is 90.8 cm³/mol. The Morgan fingerprint density at radius 1 is 1.12 bits per heavy atom. The Hall–Kier alpha value is -2.69. The van der Waals surface area contributed by atoms with Gasteiger partial charge in [0.25, 0.3) is 0 Å². The van der Waals surface area contributed by atoms with Crippen molar-refractivity contribution in [1.82, 2.24) is 4.90 Å². The molecule has 2 aromatic carbocycles. The summed E-state index contributed by atoms with van der Waals surface area (Å²) in [7, 11) is 0. The van der Waals surface area contributed by atoms with Gasteiger partial charge in [0.15, 0.2) is 11.5 Å². The van der Waals surface area contributed by atoms with Gasteiger partial charge in [0.2, 0.25) is 12.7 Å². The highest BCUT2D eigenvalue weighted by atomic mass is 16.7. The molecule has 2 aromatic rings. The van der Waals surface area contributed by atoms with E-state index in [9.17, 15) is 4.79 Å². The molecule has 5 nitrogen and oxygen atoms in total. The lowest BCUT2D eigenvalue weighted by Gasteiger charge is -2.25. The number of benzene rings is 2. The number of carbonyl (C=O) groups excluding carboxylic acids is 1. The number of ether oxygens (including phenoxy) is 2. The highest BCUT2D eigenvalue weighted by Gasteiger charge is 2.30. The van der Waals surface area contributed by atoms with Gasteiger partial charge in [-0.25, -0.2) is 0 Å². The van der Waals surface area contributed by atoms with E-state index < -0.39 is 0 Å². The molecule has 0 saturated carbocycles. The molecule has 2 N–H and O–H groups in total. The van der Waals surface area contributed by atoms with Crippen molar-refractivity contribution in [1.29, 1.82) is 0 Å². The lowest BCUT2D eigenvalue weighted by molar-refractivity contribution is -0.131. The van der Waals surface area contributed by atoms with Crippen LogP contribution in [0.2, 0.25) is 0 Å². The number of carbonyl (C=O) groups is 1. The lowest BCUT2D eigenvalue weighted by Crippen LogP contribution is -2.31. The first-order valence-corrected chi connectivity index (χ1v) is 8.24. The first-order valence-electron chi connectivity index (χ1n) is 8.24. The fourth-order valence-corrected chi connectivity index (χ4v) is 3.44. The van der Waals surface area contributed by atoms with E-state index in [1.807, 2.05) is 47.4 Å². The largest absolute Gasteiger partial charge is 0.454 e. The molecule has 124 valence electrons. The molecule has 1 fully saturated rings. The maximum absolute atomic E-state index is 12.8. The molecule has 4 rings (SSSR count). The van der Waals surface area contributed by atoms with Crippen LogP contribution in [0, 0.1) is 0 Å². The van der Waals surface area contributed by atoms with Crippen molar-refractivity contribution in [2.24, 2.45) is 0 Å². The van der Waals surface area contributed by atoms with Crippen LogP contribution >= 0.6 is 0 Å². The van der Waals surface area contributed by atoms with Crippen molar-refractivity contribution < 1.29 is 14.3 Å². The van der Waals surface area contributed by atoms with E-state index in [0.29, 0.717) is 12.1 Å². The summed E-state index contributed by atoms with van der Waals surface area (Å²) in [5, 5.41) is 0. The summed E-state index contributed by atoms with van der Waals surface area (Å²) >= 11 is 0. The summed E-state index contributed by atoms with van der Waals surface area (Å²) in [6.07, 6.45) is 2.40. The van der Waals surface area contributed by atoms with E-state index >= 15 is 0 Å². The Balaban J connectivity index is 1.52. The Kier molecular flexibility index (Phi) is 3.76. The van der Waals surface area contributed by atoms with Crippen LogP contribution in [0.4, 0.5) is 5.69 Å². The van der Waals surface area contributed by atoms with Crippen molar-refractivity contribution in [3.05, 3.63) is 53.6 Å². The second kappa shape index (κ2) is 6.07. The summed E-state index contributed by atoms with van der Waals surface area (Å²) < 4.78 is 10.8. The van der Waals surface area contributed by atoms with E-state index in [4.69, 9.17) is 15.2 Å². The average Bonchev–Trinajstić information content (AvgIpc) is 3.25. The monoisotopic (exact) mass is 324 g/mol. The molecule has 0 aliphatic carbocycles. The minimum atomic E-state index is 0.112. The van der Waals surface area contributed by atoms with Gasteiger partial charge in [-0.2, -0.15) is 0 Å². The van der Waals surface area contributed by atoms with Gasteiger partial charge in [-0.15, -0.1) is 0 Å². The number of fused-ring (bicyclic) bond motifs is 1. The summed E-state index contributed by atoms with van der Waals surface area (Å²) in [6.45, 7) is 1.07. The lowest BCUT2D eigenvalue weighted by atomic mass is 10.0. The third-order valence-electron chi connectivity index (χ3n) is 4.69. The highest BCUT2D eigenvalue weighted by molar-refractivity contribution is 5.79. The number of nitrogen functional groups attached to an aromatic ring is 1. The summed E-state index contributed by atoms with van der Waals surface area (Å²) in [5.74, 6) is 1.70. The van der Waals surface area contributed by atoms with Crippen LogP contribution in [-0.2, 0) is 11.2 Å². The molecule has 2 aliphatic rings. The zero-order valence-corrected chi connectivity index (χ0v) is 13.4. The molecule has 0 bridgehead atoms. The number of nitrogens with zero attached hydrogens (tertiary/aromatic N) is 1. The van der Waals surface area contributed by atoms with E-state index in [1.54, 1.807) is 0 Å². The van der Waals surface area contributed by atoms with Gasteiger partial charge in [0.05, 0.1) is 12.5 Å². The van der Waals surface area contributed by atoms with Crippen LogP contribution in [0.15, 0.2) is 42.5 Å². The number of anilines is 1. The third kappa shape index (κ3) is 2.77. The smallest absolute Gasteiger partial charge is 0.231 e. The van der Waals surface area contributed by atoms with Gasteiger partial charge >= 0.3 is 0 Å². The molecule has 24 heavy (non-hydrogen) atoms. The molecule has 0 radical (unpaired) electrons. The molecule has 1 amide bonds. The maximum Gasteiger partial charge on any atom is 0.231 e. The Labute approximate surface area is 141 Å². The molecule has 1 atom stereocenters. The number of hydrogen-bond donors (Lipinski definition) is 1. The Bertz CT molecular complexity index is 758. The first-order chi connectivity index (χ1) is 11.7. The number of hydrogen-bond acceptors (Lipinski definition) is 4. The van der Waals surface area contributed by atoms with Crippen molar-refractivity contribution in [2.75, 3.05) is 19.1 Å². The Morgan fingerprint density at radius 2 is 1.92 bits per heavy atom. The second-order valence-corrected chi connectivity index (χ2v) is 6.28. The van der Waals surface area contributed by atoms with Crippen molar-refractivity contribution in [2.45, 2.75) is 25.3 Å². The second-order valence-electron chi connectivity index (χ2n) is 6.28. The first kappa shape index (κ1) is 14.9. The third-order valence-corrected chi connectivity index (χ3v) is 4.69. The molecule has 5 heteroatoms. The SMILES string of the molecule is Nc1ccc(CC(=O)N2CCC[C@H]2c2ccc3c(c2)OCO3)cc1. The Morgan fingerprint density at radius 3 is 2.75 bits per heavy atom. The summed E-state index contributed by atoms with van der Waals surface area (Å²) in [4.78, 5) is 14.7. The van der Waals surface area contributed by atoms with Crippen LogP contribution < -0.4 is 15.2 Å². The molecule has 0 unspecified atom stereocenters. The van der Waals surface area contributed by atoms with Crippen molar-refractivity contribution >= 4 is 11.6 Å². The molecule has 0 spiro atoms.